The van der Waals surface area contributed by atoms with Gasteiger partial charge in [0.15, 0.2) is 0 Å². The molecule has 2 rings (SSSR count). The molecule has 1 aliphatic heterocycles. The maximum absolute atomic E-state index is 10.4. The van der Waals surface area contributed by atoms with Crippen LogP contribution < -0.4 is 0 Å². The van der Waals surface area contributed by atoms with Gasteiger partial charge >= 0.3 is 8.25 Å². The van der Waals surface area contributed by atoms with E-state index in [9.17, 15) is 4.57 Å². The number of H-pyrrole nitrogens is 1. The van der Waals surface area contributed by atoms with Gasteiger partial charge in [-0.2, -0.15) is 0 Å². The highest BCUT2D eigenvalue weighted by molar-refractivity contribution is 7.32. The molecule has 1 saturated heterocycles. The summed E-state index contributed by atoms with van der Waals surface area (Å²) in [7, 11) is -2.54. The topological polar surface area (TPSA) is 71.6 Å². The minimum atomic E-state index is -2.54. The Morgan fingerprint density at radius 1 is 1.67 bits per heavy atom. The lowest BCUT2D eigenvalue weighted by atomic mass is 10.1. The second-order valence-electron chi connectivity index (χ2n) is 4.47. The van der Waals surface area contributed by atoms with Crippen molar-refractivity contribution >= 4 is 13.8 Å². The van der Waals surface area contributed by atoms with E-state index >= 15 is 0 Å². The fraction of sp³-hybridized carbons (Fsp3) is 0.500. The van der Waals surface area contributed by atoms with E-state index in [1.807, 2.05) is 19.1 Å². The van der Waals surface area contributed by atoms with Gasteiger partial charge in [-0.05, 0) is 37.5 Å². The van der Waals surface area contributed by atoms with Crippen molar-refractivity contribution in [1.82, 2.24) is 4.98 Å². The maximum Gasteiger partial charge on any atom is 0.694 e. The molecule has 0 radical (unpaired) electrons. The van der Waals surface area contributed by atoms with Crippen LogP contribution in [0.3, 0.4) is 0 Å². The zero-order valence-corrected chi connectivity index (χ0v) is 11.2. The van der Waals surface area contributed by atoms with Gasteiger partial charge in [0.2, 0.25) is 0 Å². The highest BCUT2D eigenvalue weighted by atomic mass is 31.1. The molecule has 18 heavy (non-hydrogen) atoms. The highest BCUT2D eigenvalue weighted by Crippen LogP contribution is 2.33. The van der Waals surface area contributed by atoms with Crippen molar-refractivity contribution < 1.29 is 18.7 Å². The summed E-state index contributed by atoms with van der Waals surface area (Å²) in [6.45, 7) is 5.98. The fourth-order valence-corrected chi connectivity index (χ4v) is 2.35. The predicted octanol–water partition coefficient (Wildman–Crippen LogP) is 2.93. The molecule has 0 aliphatic carbocycles. The molecule has 0 saturated carbocycles. The zero-order valence-electron chi connectivity index (χ0n) is 10.3. The van der Waals surface area contributed by atoms with Crippen LogP contribution in [0.25, 0.3) is 5.57 Å². The molecule has 0 amide bonds. The number of ether oxygens (including phenoxy) is 1. The van der Waals surface area contributed by atoms with E-state index < -0.39 is 8.25 Å². The van der Waals surface area contributed by atoms with Crippen LogP contribution in [-0.4, -0.2) is 22.6 Å². The van der Waals surface area contributed by atoms with E-state index in [1.54, 1.807) is 0 Å². The number of hydrogen-bond donors (Lipinski definition) is 2. The fourth-order valence-electron chi connectivity index (χ4n) is 2.05. The van der Waals surface area contributed by atoms with Crippen molar-refractivity contribution in [1.29, 1.82) is 0 Å². The molecule has 5 nitrogen and oxygen atoms in total. The largest absolute Gasteiger partial charge is 0.694 e. The molecule has 1 fully saturated rings. The summed E-state index contributed by atoms with van der Waals surface area (Å²) in [6, 6.07) is 3.97. The number of allylic oxidation sites excluding steroid dienone is 1. The summed E-state index contributed by atoms with van der Waals surface area (Å²) in [5, 5.41) is 0. The lowest BCUT2D eigenvalue weighted by Gasteiger charge is -2.10. The second kappa shape index (κ2) is 5.76. The normalized spacial score (nSPS) is 24.2. The van der Waals surface area contributed by atoms with Crippen LogP contribution in [0.2, 0.25) is 0 Å². The Balaban J connectivity index is 1.91. The number of rotatable bonds is 5. The Morgan fingerprint density at radius 2 is 2.44 bits per heavy atom. The minimum absolute atomic E-state index is 0.00303. The molecule has 1 aliphatic rings. The van der Waals surface area contributed by atoms with Gasteiger partial charge in [0.25, 0.3) is 0 Å². The summed E-state index contributed by atoms with van der Waals surface area (Å²) in [4.78, 5) is 11.8. The van der Waals surface area contributed by atoms with E-state index in [1.165, 1.54) is 0 Å². The summed E-state index contributed by atoms with van der Waals surface area (Å²) in [6.07, 6.45) is 1.60. The average Bonchev–Trinajstić information content (AvgIpc) is 2.95. The first-order valence-corrected chi connectivity index (χ1v) is 6.98. The van der Waals surface area contributed by atoms with Gasteiger partial charge in [0.05, 0.1) is 12.2 Å². The minimum Gasteiger partial charge on any atom is -0.366 e. The summed E-state index contributed by atoms with van der Waals surface area (Å²) >= 11 is 0. The summed E-state index contributed by atoms with van der Waals surface area (Å²) in [5.74, 6) is 0. The van der Waals surface area contributed by atoms with Gasteiger partial charge in [-0.1, -0.05) is 6.58 Å². The monoisotopic (exact) mass is 270 g/mol. The van der Waals surface area contributed by atoms with Crippen LogP contribution in [0, 0.1) is 0 Å². The SMILES string of the molecule is C=C(C)c1ccc(C2CCC(CO[P+](=O)O)O2)[nH]1. The highest BCUT2D eigenvalue weighted by Gasteiger charge is 2.30. The number of hydrogen-bond acceptors (Lipinski definition) is 3. The van der Waals surface area contributed by atoms with Crippen molar-refractivity contribution in [2.75, 3.05) is 6.61 Å². The number of aromatic nitrogens is 1. The van der Waals surface area contributed by atoms with Crippen molar-refractivity contribution in [3.05, 3.63) is 30.1 Å². The second-order valence-corrected chi connectivity index (χ2v) is 5.20. The molecule has 3 atom stereocenters. The van der Waals surface area contributed by atoms with E-state index in [2.05, 4.69) is 16.1 Å². The average molecular weight is 270 g/mol. The first-order chi connectivity index (χ1) is 8.56. The van der Waals surface area contributed by atoms with Crippen molar-refractivity contribution in [2.45, 2.75) is 32.0 Å². The van der Waals surface area contributed by atoms with E-state index in [0.29, 0.717) is 0 Å². The Morgan fingerprint density at radius 3 is 3.06 bits per heavy atom. The lowest BCUT2D eigenvalue weighted by molar-refractivity contribution is 0.0150. The molecule has 3 unspecified atom stereocenters. The van der Waals surface area contributed by atoms with Crippen LogP contribution in [0.5, 0.6) is 0 Å². The van der Waals surface area contributed by atoms with Gasteiger partial charge < -0.3 is 9.72 Å². The van der Waals surface area contributed by atoms with E-state index in [-0.39, 0.29) is 18.8 Å². The van der Waals surface area contributed by atoms with Crippen LogP contribution in [0.15, 0.2) is 18.7 Å². The third-order valence-corrected chi connectivity index (χ3v) is 3.36. The molecule has 6 heteroatoms. The van der Waals surface area contributed by atoms with Crippen molar-refractivity contribution in [3.8, 4) is 0 Å². The molecule has 98 valence electrons. The van der Waals surface area contributed by atoms with Crippen LogP contribution >= 0.6 is 8.25 Å². The Labute approximate surface area is 107 Å². The van der Waals surface area contributed by atoms with E-state index in [4.69, 9.17) is 9.63 Å². The van der Waals surface area contributed by atoms with Gasteiger partial charge in [-0.25, -0.2) is 0 Å². The molecular weight excluding hydrogens is 253 g/mol. The van der Waals surface area contributed by atoms with Gasteiger partial charge in [0, 0.05) is 16.0 Å². The molecule has 0 bridgehead atoms. The van der Waals surface area contributed by atoms with Crippen molar-refractivity contribution in [2.24, 2.45) is 0 Å². The number of nitrogens with one attached hydrogen (secondary N) is 1. The Hall–Kier alpha value is -1.00. The quantitative estimate of drug-likeness (QED) is 0.807. The molecule has 0 aromatic carbocycles. The van der Waals surface area contributed by atoms with Gasteiger partial charge in [0.1, 0.15) is 6.61 Å². The molecule has 2 N–H and O–H groups in total. The van der Waals surface area contributed by atoms with Crippen LogP contribution in [0.4, 0.5) is 0 Å². The third-order valence-electron chi connectivity index (χ3n) is 2.99. The molecule has 1 aromatic heterocycles. The standard InChI is InChI=1S/C12H16NO4P/c1-8(2)10-4-5-11(13-10)12-6-3-9(17-12)7-16-18(14)15/h4-5,9,12-13H,1,3,6-7H2,2H3/p+1. The molecular formula is C12H17NO4P+. The Bertz CT molecular complexity index is 457. The molecule has 2 heterocycles. The summed E-state index contributed by atoms with van der Waals surface area (Å²) in [5.41, 5.74) is 3.01. The van der Waals surface area contributed by atoms with Crippen LogP contribution in [0.1, 0.15) is 37.3 Å². The smallest absolute Gasteiger partial charge is 0.366 e. The predicted molar refractivity (Wildman–Crippen MR) is 68.1 cm³/mol. The Kier molecular flexibility index (Phi) is 4.30. The van der Waals surface area contributed by atoms with Crippen molar-refractivity contribution in [3.63, 3.8) is 0 Å². The van der Waals surface area contributed by atoms with Gasteiger partial charge in [-0.15, -0.1) is 9.42 Å². The molecule has 1 aromatic rings. The maximum atomic E-state index is 10.4. The zero-order chi connectivity index (χ0) is 13.1. The molecule has 0 spiro atoms. The first kappa shape index (κ1) is 13.4. The van der Waals surface area contributed by atoms with Crippen LogP contribution in [-0.2, 0) is 13.8 Å². The lowest BCUT2D eigenvalue weighted by Crippen LogP contribution is -2.12. The van der Waals surface area contributed by atoms with Gasteiger partial charge in [-0.3, -0.25) is 0 Å². The first-order valence-electron chi connectivity index (χ1n) is 5.85. The van der Waals surface area contributed by atoms with E-state index in [0.717, 1.165) is 29.8 Å². The third kappa shape index (κ3) is 3.27. The summed E-state index contributed by atoms with van der Waals surface area (Å²) < 4.78 is 20.9. The number of aromatic amines is 1.